The quantitative estimate of drug-likeness (QED) is 0.891. The highest BCUT2D eigenvalue weighted by atomic mass is 35.5. The molecule has 0 radical (unpaired) electrons. The largest absolute Gasteiger partial charge is 0.340 e. The fourth-order valence-electron chi connectivity index (χ4n) is 1.80. The minimum absolute atomic E-state index is 0. The van der Waals surface area contributed by atoms with Gasteiger partial charge in [-0.15, -0.1) is 12.4 Å². The SMILES string of the molecule is Cl.O=C(Cc1ccc(Cl)cc1)N1CCNCC1. The topological polar surface area (TPSA) is 32.3 Å². The summed E-state index contributed by atoms with van der Waals surface area (Å²) in [5.41, 5.74) is 1.02. The smallest absolute Gasteiger partial charge is 0.227 e. The molecule has 3 nitrogen and oxygen atoms in total. The van der Waals surface area contributed by atoms with Gasteiger partial charge in [0.1, 0.15) is 0 Å². The van der Waals surface area contributed by atoms with E-state index in [4.69, 9.17) is 11.6 Å². The van der Waals surface area contributed by atoms with Gasteiger partial charge in [0.15, 0.2) is 0 Å². The predicted octanol–water partition coefficient (Wildman–Crippen LogP) is 1.74. The Hall–Kier alpha value is -0.770. The van der Waals surface area contributed by atoms with Gasteiger partial charge in [-0.05, 0) is 17.7 Å². The lowest BCUT2D eigenvalue weighted by Crippen LogP contribution is -2.46. The molecule has 1 aromatic rings. The molecular formula is C12H16Cl2N2O. The summed E-state index contributed by atoms with van der Waals surface area (Å²) in [7, 11) is 0. The number of halogens is 2. The predicted molar refractivity (Wildman–Crippen MR) is 71.9 cm³/mol. The van der Waals surface area contributed by atoms with Crippen molar-refractivity contribution >= 4 is 29.9 Å². The van der Waals surface area contributed by atoms with Gasteiger partial charge in [-0.1, -0.05) is 23.7 Å². The van der Waals surface area contributed by atoms with Crippen LogP contribution in [0.1, 0.15) is 5.56 Å². The van der Waals surface area contributed by atoms with Gasteiger partial charge in [-0.25, -0.2) is 0 Å². The lowest BCUT2D eigenvalue weighted by Gasteiger charge is -2.27. The summed E-state index contributed by atoms with van der Waals surface area (Å²) in [6, 6.07) is 7.45. The number of rotatable bonds is 2. The molecule has 0 bridgehead atoms. The van der Waals surface area contributed by atoms with E-state index in [0.29, 0.717) is 11.4 Å². The average Bonchev–Trinajstić information content (AvgIpc) is 2.33. The van der Waals surface area contributed by atoms with Crippen LogP contribution in [0.2, 0.25) is 5.02 Å². The molecule has 0 unspecified atom stereocenters. The van der Waals surface area contributed by atoms with Crippen molar-refractivity contribution in [1.29, 1.82) is 0 Å². The first-order chi connectivity index (χ1) is 7.75. The van der Waals surface area contributed by atoms with Crippen LogP contribution in [0.25, 0.3) is 0 Å². The fourth-order valence-corrected chi connectivity index (χ4v) is 1.93. The van der Waals surface area contributed by atoms with E-state index >= 15 is 0 Å². The lowest BCUT2D eigenvalue weighted by molar-refractivity contribution is -0.131. The Morgan fingerprint density at radius 2 is 1.82 bits per heavy atom. The Balaban J connectivity index is 0.00000144. The molecular weight excluding hydrogens is 259 g/mol. The third-order valence-corrected chi connectivity index (χ3v) is 2.99. The summed E-state index contributed by atoms with van der Waals surface area (Å²) < 4.78 is 0. The normalized spacial score (nSPS) is 15.2. The van der Waals surface area contributed by atoms with Crippen molar-refractivity contribution in [2.75, 3.05) is 26.2 Å². The highest BCUT2D eigenvalue weighted by Gasteiger charge is 2.15. The average molecular weight is 275 g/mol. The number of hydrogen-bond acceptors (Lipinski definition) is 2. The molecule has 17 heavy (non-hydrogen) atoms. The van der Waals surface area contributed by atoms with Crippen LogP contribution in [0.15, 0.2) is 24.3 Å². The van der Waals surface area contributed by atoms with Crippen LogP contribution in [-0.2, 0) is 11.2 Å². The molecule has 0 spiro atoms. The number of carbonyl (C=O) groups excluding carboxylic acids is 1. The van der Waals surface area contributed by atoms with Crippen molar-refractivity contribution in [3.05, 3.63) is 34.9 Å². The van der Waals surface area contributed by atoms with Crippen molar-refractivity contribution < 1.29 is 4.79 Å². The van der Waals surface area contributed by atoms with Gasteiger partial charge < -0.3 is 10.2 Å². The van der Waals surface area contributed by atoms with Gasteiger partial charge in [-0.3, -0.25) is 4.79 Å². The molecule has 2 rings (SSSR count). The summed E-state index contributed by atoms with van der Waals surface area (Å²) in [6.07, 6.45) is 0.469. The number of benzene rings is 1. The summed E-state index contributed by atoms with van der Waals surface area (Å²) >= 11 is 5.79. The van der Waals surface area contributed by atoms with Gasteiger partial charge in [0.05, 0.1) is 6.42 Å². The standard InChI is InChI=1S/C12H15ClN2O.ClH/c13-11-3-1-10(2-4-11)9-12(16)15-7-5-14-6-8-15;/h1-4,14H,5-9H2;1H. The van der Waals surface area contributed by atoms with E-state index in [2.05, 4.69) is 5.32 Å². The van der Waals surface area contributed by atoms with E-state index in [1.807, 2.05) is 29.2 Å². The Kier molecular flexibility index (Phi) is 5.75. The van der Waals surface area contributed by atoms with Crippen molar-refractivity contribution in [3.8, 4) is 0 Å². The first-order valence-corrected chi connectivity index (χ1v) is 5.86. The molecule has 1 fully saturated rings. The number of hydrogen-bond donors (Lipinski definition) is 1. The maximum absolute atomic E-state index is 11.9. The van der Waals surface area contributed by atoms with E-state index in [0.717, 1.165) is 31.7 Å². The molecule has 1 saturated heterocycles. The second-order valence-electron chi connectivity index (χ2n) is 3.93. The summed E-state index contributed by atoms with van der Waals surface area (Å²) in [6.45, 7) is 3.41. The zero-order valence-electron chi connectivity index (χ0n) is 9.49. The van der Waals surface area contributed by atoms with Crippen LogP contribution in [0.4, 0.5) is 0 Å². The van der Waals surface area contributed by atoms with Gasteiger partial charge in [0.25, 0.3) is 0 Å². The fraction of sp³-hybridized carbons (Fsp3) is 0.417. The summed E-state index contributed by atoms with van der Waals surface area (Å²) in [5.74, 6) is 0.198. The first kappa shape index (κ1) is 14.3. The van der Waals surface area contributed by atoms with Gasteiger partial charge >= 0.3 is 0 Å². The van der Waals surface area contributed by atoms with Gasteiger partial charge in [0.2, 0.25) is 5.91 Å². The molecule has 94 valence electrons. The molecule has 1 aliphatic heterocycles. The molecule has 0 aromatic heterocycles. The van der Waals surface area contributed by atoms with Crippen LogP contribution in [-0.4, -0.2) is 37.0 Å². The number of amides is 1. The Labute approximate surface area is 113 Å². The zero-order valence-corrected chi connectivity index (χ0v) is 11.1. The molecule has 0 aliphatic carbocycles. The highest BCUT2D eigenvalue weighted by Crippen LogP contribution is 2.11. The highest BCUT2D eigenvalue weighted by molar-refractivity contribution is 6.30. The zero-order chi connectivity index (χ0) is 11.4. The Morgan fingerprint density at radius 1 is 1.24 bits per heavy atom. The lowest BCUT2D eigenvalue weighted by atomic mass is 10.1. The molecule has 0 saturated carbocycles. The number of carbonyl (C=O) groups is 1. The first-order valence-electron chi connectivity index (χ1n) is 5.48. The third-order valence-electron chi connectivity index (χ3n) is 2.74. The summed E-state index contributed by atoms with van der Waals surface area (Å²) in [5, 5.41) is 3.94. The van der Waals surface area contributed by atoms with E-state index in [1.165, 1.54) is 0 Å². The van der Waals surface area contributed by atoms with E-state index in [-0.39, 0.29) is 18.3 Å². The molecule has 1 aliphatic rings. The van der Waals surface area contributed by atoms with Gasteiger partial charge in [-0.2, -0.15) is 0 Å². The van der Waals surface area contributed by atoms with Crippen molar-refractivity contribution in [2.24, 2.45) is 0 Å². The molecule has 5 heteroatoms. The van der Waals surface area contributed by atoms with Crippen LogP contribution in [0.5, 0.6) is 0 Å². The molecule has 1 N–H and O–H groups in total. The van der Waals surface area contributed by atoms with Crippen LogP contribution < -0.4 is 5.32 Å². The molecule has 0 atom stereocenters. The Bertz CT molecular complexity index is 361. The third kappa shape index (κ3) is 4.19. The van der Waals surface area contributed by atoms with Crippen LogP contribution in [0, 0.1) is 0 Å². The minimum Gasteiger partial charge on any atom is -0.340 e. The minimum atomic E-state index is 0. The number of nitrogens with one attached hydrogen (secondary N) is 1. The maximum atomic E-state index is 11.9. The second kappa shape index (κ2) is 6.84. The number of piperazine rings is 1. The van der Waals surface area contributed by atoms with Crippen LogP contribution >= 0.6 is 24.0 Å². The van der Waals surface area contributed by atoms with Crippen molar-refractivity contribution in [1.82, 2.24) is 10.2 Å². The van der Waals surface area contributed by atoms with E-state index < -0.39 is 0 Å². The Morgan fingerprint density at radius 3 is 2.41 bits per heavy atom. The van der Waals surface area contributed by atoms with E-state index in [9.17, 15) is 4.79 Å². The van der Waals surface area contributed by atoms with Gasteiger partial charge in [0, 0.05) is 31.2 Å². The molecule has 1 heterocycles. The summed E-state index contributed by atoms with van der Waals surface area (Å²) in [4.78, 5) is 13.8. The molecule has 1 aromatic carbocycles. The monoisotopic (exact) mass is 274 g/mol. The number of nitrogens with zero attached hydrogens (tertiary/aromatic N) is 1. The van der Waals surface area contributed by atoms with E-state index in [1.54, 1.807) is 0 Å². The van der Waals surface area contributed by atoms with Crippen molar-refractivity contribution in [2.45, 2.75) is 6.42 Å². The second-order valence-corrected chi connectivity index (χ2v) is 4.37. The maximum Gasteiger partial charge on any atom is 0.227 e. The van der Waals surface area contributed by atoms with Crippen molar-refractivity contribution in [3.63, 3.8) is 0 Å². The molecule has 1 amide bonds. The van der Waals surface area contributed by atoms with Crippen LogP contribution in [0.3, 0.4) is 0 Å².